The Bertz CT molecular complexity index is 975. The van der Waals surface area contributed by atoms with E-state index in [0.717, 1.165) is 11.0 Å². The first-order chi connectivity index (χ1) is 11.8. The monoisotopic (exact) mass is 340 g/mol. The van der Waals surface area contributed by atoms with Gasteiger partial charge in [0.05, 0.1) is 18.3 Å². The van der Waals surface area contributed by atoms with Gasteiger partial charge in [-0.05, 0) is 24.3 Å². The Morgan fingerprint density at radius 2 is 2.08 bits per heavy atom. The van der Waals surface area contributed by atoms with Crippen LogP contribution in [0.3, 0.4) is 0 Å². The lowest BCUT2D eigenvalue weighted by molar-refractivity contribution is -0.116. The maximum Gasteiger partial charge on any atom is 0.228 e. The molecule has 0 saturated carbocycles. The zero-order chi connectivity index (χ0) is 16.4. The van der Waals surface area contributed by atoms with Gasteiger partial charge in [0.1, 0.15) is 5.52 Å². The zero-order valence-electron chi connectivity index (χ0n) is 12.4. The lowest BCUT2D eigenvalue weighted by Crippen LogP contribution is -2.15. The van der Waals surface area contributed by atoms with Crippen LogP contribution in [-0.4, -0.2) is 31.1 Å². The first kappa shape index (κ1) is 14.5. The minimum Gasteiger partial charge on any atom is -0.462 e. The molecule has 0 spiro atoms. The molecule has 0 fully saturated rings. The first-order valence-electron chi connectivity index (χ1n) is 7.25. The van der Waals surface area contributed by atoms with Crippen molar-refractivity contribution in [3.8, 4) is 10.8 Å². The van der Waals surface area contributed by atoms with Crippen molar-refractivity contribution >= 4 is 33.4 Å². The number of hydrogen-bond donors (Lipinski definition) is 1. The van der Waals surface area contributed by atoms with Crippen LogP contribution in [0.5, 0.6) is 0 Å². The highest BCUT2D eigenvalue weighted by atomic mass is 32.1. The summed E-state index contributed by atoms with van der Waals surface area (Å²) in [5.74, 6) is 0.471. The summed E-state index contributed by atoms with van der Waals surface area (Å²) < 4.78 is 6.96. The molecular weight excluding hydrogens is 328 g/mol. The number of hydrogen-bond acceptors (Lipinski definition) is 7. The van der Waals surface area contributed by atoms with Gasteiger partial charge in [-0.1, -0.05) is 28.7 Å². The number of benzene rings is 1. The fourth-order valence-corrected chi connectivity index (χ4v) is 2.97. The Morgan fingerprint density at radius 1 is 1.17 bits per heavy atom. The number of aryl methyl sites for hydroxylation is 1. The Morgan fingerprint density at radius 3 is 2.96 bits per heavy atom. The molecule has 120 valence electrons. The van der Waals surface area contributed by atoms with Gasteiger partial charge in [0.15, 0.2) is 10.8 Å². The van der Waals surface area contributed by atoms with E-state index < -0.39 is 0 Å². The molecule has 1 aromatic carbocycles. The van der Waals surface area contributed by atoms with Gasteiger partial charge in [-0.25, -0.2) is 4.68 Å². The average Bonchev–Trinajstić information content (AvgIpc) is 3.33. The van der Waals surface area contributed by atoms with Crippen LogP contribution >= 0.6 is 11.3 Å². The highest BCUT2D eigenvalue weighted by molar-refractivity contribution is 7.18. The number of rotatable bonds is 5. The molecule has 0 atom stereocenters. The van der Waals surface area contributed by atoms with E-state index in [4.69, 9.17) is 4.42 Å². The Kier molecular flexibility index (Phi) is 3.75. The summed E-state index contributed by atoms with van der Waals surface area (Å²) in [7, 11) is 0. The van der Waals surface area contributed by atoms with Gasteiger partial charge in [-0.15, -0.1) is 15.3 Å². The van der Waals surface area contributed by atoms with Gasteiger partial charge >= 0.3 is 0 Å². The second-order valence-electron chi connectivity index (χ2n) is 4.99. The zero-order valence-corrected chi connectivity index (χ0v) is 13.2. The van der Waals surface area contributed by atoms with Crippen molar-refractivity contribution in [2.24, 2.45) is 0 Å². The number of para-hydroxylation sites is 1. The van der Waals surface area contributed by atoms with Crippen LogP contribution in [0.4, 0.5) is 5.13 Å². The van der Waals surface area contributed by atoms with Crippen molar-refractivity contribution in [1.82, 2.24) is 25.2 Å². The minimum atomic E-state index is -0.156. The molecule has 0 unspecified atom stereocenters. The van der Waals surface area contributed by atoms with E-state index in [0.29, 0.717) is 22.4 Å². The predicted octanol–water partition coefficient (Wildman–Crippen LogP) is 2.57. The predicted molar refractivity (Wildman–Crippen MR) is 88.4 cm³/mol. The molecule has 3 aromatic heterocycles. The Labute approximate surface area is 140 Å². The molecule has 0 aliphatic rings. The van der Waals surface area contributed by atoms with Gasteiger partial charge in [-0.2, -0.15) is 0 Å². The molecule has 0 aliphatic carbocycles. The number of anilines is 1. The molecule has 4 rings (SSSR count). The summed E-state index contributed by atoms with van der Waals surface area (Å²) >= 11 is 1.26. The summed E-state index contributed by atoms with van der Waals surface area (Å²) in [6.07, 6.45) is 1.83. The lowest BCUT2D eigenvalue weighted by atomic mass is 10.3. The van der Waals surface area contributed by atoms with Crippen LogP contribution in [-0.2, 0) is 11.3 Å². The topological polar surface area (TPSA) is 98.7 Å². The SMILES string of the molecule is O=C(CCn1nnc2ccccc21)Nc1nnc(-c2ccco2)s1. The summed E-state index contributed by atoms with van der Waals surface area (Å²) in [5, 5.41) is 19.9. The van der Waals surface area contributed by atoms with E-state index in [1.54, 1.807) is 23.1 Å². The maximum absolute atomic E-state index is 12.1. The quantitative estimate of drug-likeness (QED) is 0.599. The number of nitrogens with zero attached hydrogens (tertiary/aromatic N) is 5. The van der Waals surface area contributed by atoms with Crippen LogP contribution in [0.15, 0.2) is 47.1 Å². The average molecular weight is 340 g/mol. The molecule has 9 heteroatoms. The van der Waals surface area contributed by atoms with Gasteiger partial charge < -0.3 is 9.73 Å². The van der Waals surface area contributed by atoms with Crippen LogP contribution < -0.4 is 5.32 Å². The molecule has 8 nitrogen and oxygen atoms in total. The summed E-state index contributed by atoms with van der Waals surface area (Å²) in [4.78, 5) is 12.1. The number of carbonyl (C=O) groups is 1. The minimum absolute atomic E-state index is 0.156. The molecular formula is C15H12N6O2S. The molecule has 0 radical (unpaired) electrons. The summed E-state index contributed by atoms with van der Waals surface area (Å²) in [5.41, 5.74) is 1.71. The third-order valence-electron chi connectivity index (χ3n) is 3.37. The van der Waals surface area contributed by atoms with Gasteiger partial charge in [-0.3, -0.25) is 4.79 Å². The molecule has 3 heterocycles. The van der Waals surface area contributed by atoms with E-state index in [1.807, 2.05) is 24.3 Å². The van der Waals surface area contributed by atoms with Crippen LogP contribution in [0.25, 0.3) is 21.8 Å². The van der Waals surface area contributed by atoms with Crippen LogP contribution in [0.2, 0.25) is 0 Å². The van der Waals surface area contributed by atoms with Gasteiger partial charge in [0.2, 0.25) is 11.0 Å². The molecule has 0 aliphatic heterocycles. The Balaban J connectivity index is 1.38. The fourth-order valence-electron chi connectivity index (χ4n) is 2.25. The fraction of sp³-hybridized carbons (Fsp3) is 0.133. The number of fused-ring (bicyclic) bond motifs is 1. The molecule has 0 saturated heterocycles. The summed E-state index contributed by atoms with van der Waals surface area (Å²) in [6.45, 7) is 0.441. The second-order valence-corrected chi connectivity index (χ2v) is 5.97. The number of aromatic nitrogens is 5. The number of carbonyl (C=O) groups excluding carboxylic acids is 1. The lowest BCUT2D eigenvalue weighted by Gasteiger charge is -2.02. The second kappa shape index (κ2) is 6.20. The van der Waals surface area contributed by atoms with Crippen molar-refractivity contribution in [3.63, 3.8) is 0 Å². The normalized spacial score (nSPS) is 11.0. The van der Waals surface area contributed by atoms with Crippen molar-refractivity contribution in [2.45, 2.75) is 13.0 Å². The molecule has 1 N–H and O–H groups in total. The number of amides is 1. The number of nitrogens with one attached hydrogen (secondary N) is 1. The van der Waals surface area contributed by atoms with E-state index in [1.165, 1.54) is 11.3 Å². The van der Waals surface area contributed by atoms with Crippen molar-refractivity contribution in [2.75, 3.05) is 5.32 Å². The third kappa shape index (κ3) is 2.88. The van der Waals surface area contributed by atoms with Gasteiger partial charge in [0, 0.05) is 6.42 Å². The van der Waals surface area contributed by atoms with Crippen LogP contribution in [0, 0.1) is 0 Å². The summed E-state index contributed by atoms with van der Waals surface area (Å²) in [6, 6.07) is 11.2. The largest absolute Gasteiger partial charge is 0.462 e. The molecule has 4 aromatic rings. The first-order valence-corrected chi connectivity index (χ1v) is 8.07. The standard InChI is InChI=1S/C15H12N6O2S/c22-13(7-8-21-11-5-2-1-4-10(11)17-20-21)16-15-19-18-14(24-15)12-6-3-9-23-12/h1-6,9H,7-8H2,(H,16,19,22). The highest BCUT2D eigenvalue weighted by Crippen LogP contribution is 2.26. The van der Waals surface area contributed by atoms with Crippen molar-refractivity contribution in [3.05, 3.63) is 42.7 Å². The van der Waals surface area contributed by atoms with Gasteiger partial charge in [0.25, 0.3) is 0 Å². The van der Waals surface area contributed by atoms with E-state index in [2.05, 4.69) is 25.8 Å². The molecule has 0 bridgehead atoms. The van der Waals surface area contributed by atoms with Crippen LogP contribution in [0.1, 0.15) is 6.42 Å². The highest BCUT2D eigenvalue weighted by Gasteiger charge is 2.12. The van der Waals surface area contributed by atoms with E-state index in [9.17, 15) is 4.79 Å². The van der Waals surface area contributed by atoms with E-state index in [-0.39, 0.29) is 12.3 Å². The molecule has 1 amide bonds. The smallest absolute Gasteiger partial charge is 0.228 e. The Hall–Kier alpha value is -3.07. The van der Waals surface area contributed by atoms with E-state index >= 15 is 0 Å². The number of furan rings is 1. The third-order valence-corrected chi connectivity index (χ3v) is 4.23. The van der Waals surface area contributed by atoms with Crippen molar-refractivity contribution in [1.29, 1.82) is 0 Å². The van der Waals surface area contributed by atoms with Crippen molar-refractivity contribution < 1.29 is 9.21 Å². The molecule has 24 heavy (non-hydrogen) atoms. The maximum atomic E-state index is 12.1.